The van der Waals surface area contributed by atoms with Gasteiger partial charge in [-0.05, 0) is 34.0 Å². The van der Waals surface area contributed by atoms with Crippen molar-refractivity contribution in [3.05, 3.63) is 102 Å². The number of rotatable bonds is 2. The molecule has 1 aliphatic heterocycles. The molecule has 0 aliphatic carbocycles. The molecule has 0 radical (unpaired) electrons. The average Bonchev–Trinajstić information content (AvgIpc) is 3.30. The van der Waals surface area contributed by atoms with Gasteiger partial charge in [0.2, 0.25) is 5.91 Å². The summed E-state index contributed by atoms with van der Waals surface area (Å²) < 4.78 is 6.47. The van der Waals surface area contributed by atoms with Gasteiger partial charge in [-0.15, -0.1) is 0 Å². The van der Waals surface area contributed by atoms with E-state index >= 15 is 0 Å². The summed E-state index contributed by atoms with van der Waals surface area (Å²) in [4.78, 5) is 15.1. The standard InChI is InChI=1S/C27H19NO2/c1-28-21-14-8-7-13-20(21)25(27(28)29)26-23(18-10-3-2-4-11-18)24-19-12-6-5-9-17(19)15-16-22(24)30-26/h2-16,25H,1H3. The molecule has 144 valence electrons. The van der Waals surface area contributed by atoms with Crippen molar-refractivity contribution in [3.63, 3.8) is 0 Å². The summed E-state index contributed by atoms with van der Waals surface area (Å²) in [6.07, 6.45) is 0. The Labute approximate surface area is 174 Å². The molecule has 1 amide bonds. The fourth-order valence-corrected chi connectivity index (χ4v) is 4.72. The lowest BCUT2D eigenvalue weighted by Gasteiger charge is -2.12. The van der Waals surface area contributed by atoms with Crippen LogP contribution in [0, 0.1) is 0 Å². The van der Waals surface area contributed by atoms with Gasteiger partial charge in [-0.1, -0.05) is 78.9 Å². The number of fused-ring (bicyclic) bond motifs is 4. The summed E-state index contributed by atoms with van der Waals surface area (Å²) in [5.41, 5.74) is 4.80. The second kappa shape index (κ2) is 6.33. The number of hydrogen-bond acceptors (Lipinski definition) is 2. The SMILES string of the molecule is CN1C(=O)C(c2oc3ccc4ccccc4c3c2-c2ccccc2)c2ccccc21. The van der Waals surface area contributed by atoms with Crippen molar-refractivity contribution in [1.82, 2.24) is 0 Å². The van der Waals surface area contributed by atoms with Gasteiger partial charge in [-0.2, -0.15) is 0 Å². The maximum Gasteiger partial charge on any atom is 0.242 e. The smallest absolute Gasteiger partial charge is 0.242 e. The van der Waals surface area contributed by atoms with E-state index in [-0.39, 0.29) is 5.91 Å². The van der Waals surface area contributed by atoms with Crippen LogP contribution in [0.3, 0.4) is 0 Å². The fourth-order valence-electron chi connectivity index (χ4n) is 4.72. The summed E-state index contributed by atoms with van der Waals surface area (Å²) in [5.74, 6) is 0.304. The number of nitrogens with zero attached hydrogens (tertiary/aromatic N) is 1. The number of carbonyl (C=O) groups excluding carboxylic acids is 1. The summed E-state index contributed by atoms with van der Waals surface area (Å²) in [6, 6.07) is 30.6. The maximum atomic E-state index is 13.4. The van der Waals surface area contributed by atoms with Crippen molar-refractivity contribution in [2.75, 3.05) is 11.9 Å². The zero-order chi connectivity index (χ0) is 20.2. The van der Waals surface area contributed by atoms with Gasteiger partial charge in [-0.25, -0.2) is 0 Å². The van der Waals surface area contributed by atoms with Crippen LogP contribution in [0.4, 0.5) is 5.69 Å². The molecule has 30 heavy (non-hydrogen) atoms. The minimum Gasteiger partial charge on any atom is -0.459 e. The van der Waals surface area contributed by atoms with Gasteiger partial charge in [-0.3, -0.25) is 4.79 Å². The Morgan fingerprint density at radius 3 is 2.40 bits per heavy atom. The third-order valence-corrected chi connectivity index (χ3v) is 6.12. The molecule has 1 atom stereocenters. The van der Waals surface area contributed by atoms with Crippen molar-refractivity contribution < 1.29 is 9.21 Å². The van der Waals surface area contributed by atoms with Crippen LogP contribution in [0.1, 0.15) is 17.2 Å². The Morgan fingerprint density at radius 1 is 0.800 bits per heavy atom. The number of carbonyl (C=O) groups is 1. The van der Waals surface area contributed by atoms with Crippen LogP contribution >= 0.6 is 0 Å². The zero-order valence-corrected chi connectivity index (χ0v) is 16.5. The topological polar surface area (TPSA) is 33.5 Å². The highest BCUT2D eigenvalue weighted by molar-refractivity contribution is 6.15. The molecule has 0 fully saturated rings. The minimum atomic E-state index is -0.451. The van der Waals surface area contributed by atoms with Crippen LogP contribution in [-0.2, 0) is 4.79 Å². The number of para-hydroxylation sites is 1. The quantitative estimate of drug-likeness (QED) is 0.352. The third kappa shape index (κ3) is 2.29. The van der Waals surface area contributed by atoms with Gasteiger partial charge in [0.1, 0.15) is 17.3 Å². The first-order valence-corrected chi connectivity index (χ1v) is 10.1. The monoisotopic (exact) mass is 389 g/mol. The maximum absolute atomic E-state index is 13.4. The number of amides is 1. The molecule has 3 nitrogen and oxygen atoms in total. The van der Waals surface area contributed by atoms with E-state index in [9.17, 15) is 4.79 Å². The molecule has 0 saturated carbocycles. The molecule has 0 bridgehead atoms. The van der Waals surface area contributed by atoms with Gasteiger partial charge in [0.05, 0.1) is 0 Å². The third-order valence-electron chi connectivity index (χ3n) is 6.12. The van der Waals surface area contributed by atoms with Crippen LogP contribution in [0.25, 0.3) is 32.9 Å². The Hall–Kier alpha value is -3.85. The first-order valence-electron chi connectivity index (χ1n) is 10.1. The van der Waals surface area contributed by atoms with E-state index in [1.807, 2.05) is 67.7 Å². The second-order valence-corrected chi connectivity index (χ2v) is 7.76. The summed E-state index contributed by atoms with van der Waals surface area (Å²) >= 11 is 0. The highest BCUT2D eigenvalue weighted by Gasteiger charge is 2.40. The average molecular weight is 389 g/mol. The molecule has 2 heterocycles. The molecule has 0 spiro atoms. The normalized spacial score (nSPS) is 15.8. The largest absolute Gasteiger partial charge is 0.459 e. The predicted octanol–water partition coefficient (Wildman–Crippen LogP) is 6.36. The number of benzene rings is 4. The molecule has 0 N–H and O–H groups in total. The Bertz CT molecular complexity index is 1430. The highest BCUT2D eigenvalue weighted by Crippen LogP contribution is 2.48. The van der Waals surface area contributed by atoms with Crippen molar-refractivity contribution >= 4 is 33.3 Å². The minimum absolute atomic E-state index is 0.0387. The van der Waals surface area contributed by atoms with Crippen molar-refractivity contribution in [2.24, 2.45) is 0 Å². The lowest BCUT2D eigenvalue weighted by molar-refractivity contribution is -0.118. The van der Waals surface area contributed by atoms with Crippen molar-refractivity contribution in [2.45, 2.75) is 5.92 Å². The van der Waals surface area contributed by atoms with Crippen molar-refractivity contribution in [3.8, 4) is 11.1 Å². The summed E-state index contributed by atoms with van der Waals surface area (Å²) in [7, 11) is 1.83. The van der Waals surface area contributed by atoms with E-state index in [0.717, 1.165) is 44.1 Å². The summed E-state index contributed by atoms with van der Waals surface area (Å²) in [6.45, 7) is 0. The van der Waals surface area contributed by atoms with Crippen molar-refractivity contribution in [1.29, 1.82) is 0 Å². The number of furan rings is 1. The number of anilines is 1. The molecule has 1 aliphatic rings. The molecule has 5 aromatic rings. The molecular formula is C27H19NO2. The first-order chi connectivity index (χ1) is 14.7. The molecule has 1 aromatic heterocycles. The van der Waals surface area contributed by atoms with Gasteiger partial charge < -0.3 is 9.32 Å². The van der Waals surface area contributed by atoms with Gasteiger partial charge in [0.15, 0.2) is 0 Å². The van der Waals surface area contributed by atoms with Crippen LogP contribution < -0.4 is 4.90 Å². The van der Waals surface area contributed by atoms with E-state index in [2.05, 4.69) is 30.3 Å². The highest BCUT2D eigenvalue weighted by atomic mass is 16.3. The van der Waals surface area contributed by atoms with Crippen LogP contribution in [0.5, 0.6) is 0 Å². The van der Waals surface area contributed by atoms with E-state index in [0.29, 0.717) is 5.76 Å². The lowest BCUT2D eigenvalue weighted by atomic mass is 9.90. The van der Waals surface area contributed by atoms with Crippen LogP contribution in [-0.4, -0.2) is 13.0 Å². The van der Waals surface area contributed by atoms with E-state index in [4.69, 9.17) is 4.42 Å². The lowest BCUT2D eigenvalue weighted by Crippen LogP contribution is -2.24. The molecular weight excluding hydrogens is 370 g/mol. The Morgan fingerprint density at radius 2 is 1.53 bits per heavy atom. The van der Waals surface area contributed by atoms with Gasteiger partial charge in [0.25, 0.3) is 0 Å². The molecule has 6 rings (SSSR count). The number of hydrogen-bond donors (Lipinski definition) is 0. The Balaban J connectivity index is 1.74. The Kier molecular flexibility index (Phi) is 3.59. The number of likely N-dealkylation sites (N-methyl/N-ethyl adjacent to an activating group) is 1. The fraction of sp³-hybridized carbons (Fsp3) is 0.0741. The zero-order valence-electron chi connectivity index (χ0n) is 16.5. The molecule has 1 unspecified atom stereocenters. The van der Waals surface area contributed by atoms with Gasteiger partial charge >= 0.3 is 0 Å². The van der Waals surface area contributed by atoms with Crippen LogP contribution in [0.2, 0.25) is 0 Å². The summed E-state index contributed by atoms with van der Waals surface area (Å²) in [5, 5.41) is 3.36. The molecule has 4 aromatic carbocycles. The van der Waals surface area contributed by atoms with Gasteiger partial charge in [0, 0.05) is 23.7 Å². The molecule has 0 saturated heterocycles. The van der Waals surface area contributed by atoms with E-state index < -0.39 is 5.92 Å². The molecule has 3 heteroatoms. The second-order valence-electron chi connectivity index (χ2n) is 7.76. The first kappa shape index (κ1) is 17.0. The van der Waals surface area contributed by atoms with Crippen LogP contribution in [0.15, 0.2) is 95.4 Å². The van der Waals surface area contributed by atoms with E-state index in [1.54, 1.807) is 4.90 Å². The van der Waals surface area contributed by atoms with E-state index in [1.165, 1.54) is 0 Å². The predicted molar refractivity (Wildman–Crippen MR) is 121 cm³/mol.